The van der Waals surface area contributed by atoms with Crippen LogP contribution in [0.4, 0.5) is 10.5 Å². The van der Waals surface area contributed by atoms with Gasteiger partial charge in [0, 0.05) is 17.8 Å². The summed E-state index contributed by atoms with van der Waals surface area (Å²) in [5.74, 6) is -0.581. The van der Waals surface area contributed by atoms with E-state index in [4.69, 9.17) is 9.47 Å². The van der Waals surface area contributed by atoms with Crippen LogP contribution < -0.4 is 15.4 Å². The van der Waals surface area contributed by atoms with Gasteiger partial charge in [-0.05, 0) is 60.0 Å². The molecule has 7 nitrogen and oxygen atoms in total. The highest BCUT2D eigenvalue weighted by Crippen LogP contribution is 2.25. The molecule has 0 radical (unpaired) electrons. The van der Waals surface area contributed by atoms with E-state index in [0.29, 0.717) is 17.8 Å². The van der Waals surface area contributed by atoms with Gasteiger partial charge in [-0.25, -0.2) is 4.79 Å². The summed E-state index contributed by atoms with van der Waals surface area (Å²) in [6, 6.07) is 32.8. The monoisotopic (exact) mass is 508 g/mol. The molecule has 0 atom stereocenters. The zero-order valence-corrected chi connectivity index (χ0v) is 20.9. The van der Waals surface area contributed by atoms with Gasteiger partial charge in [-0.1, -0.05) is 72.8 Å². The molecule has 0 fully saturated rings. The number of benzene rings is 4. The number of ether oxygens (including phenoxy) is 2. The average Bonchev–Trinajstić information content (AvgIpc) is 2.94. The molecule has 4 rings (SSSR count). The van der Waals surface area contributed by atoms with Crippen molar-refractivity contribution in [3.63, 3.8) is 0 Å². The van der Waals surface area contributed by atoms with Crippen molar-refractivity contribution in [2.75, 3.05) is 11.9 Å². The topological polar surface area (TPSA) is 93.7 Å². The Kier molecular flexibility index (Phi) is 8.86. The smallest absolute Gasteiger partial charge is 0.434 e. The van der Waals surface area contributed by atoms with E-state index in [0.717, 1.165) is 16.7 Å². The second-order valence-corrected chi connectivity index (χ2v) is 8.44. The van der Waals surface area contributed by atoms with Crippen molar-refractivity contribution < 1.29 is 23.9 Å². The van der Waals surface area contributed by atoms with E-state index < -0.39 is 12.1 Å². The number of amides is 2. The maximum atomic E-state index is 13.3. The molecule has 2 amide bonds. The van der Waals surface area contributed by atoms with Crippen LogP contribution in [0.1, 0.15) is 39.9 Å². The molecule has 192 valence electrons. The number of hydrogen-bond donors (Lipinski definition) is 2. The Balaban J connectivity index is 1.39. The summed E-state index contributed by atoms with van der Waals surface area (Å²) < 4.78 is 9.76. The molecule has 0 saturated carbocycles. The van der Waals surface area contributed by atoms with E-state index in [-0.39, 0.29) is 24.2 Å². The highest BCUT2D eigenvalue weighted by molar-refractivity contribution is 6.04. The Morgan fingerprint density at radius 3 is 2.00 bits per heavy atom. The lowest BCUT2D eigenvalue weighted by molar-refractivity contribution is -0.121. The molecule has 0 bridgehead atoms. The minimum Gasteiger partial charge on any atom is -0.434 e. The van der Waals surface area contributed by atoms with Crippen molar-refractivity contribution in [1.82, 2.24) is 5.32 Å². The van der Waals surface area contributed by atoms with E-state index in [1.807, 2.05) is 78.9 Å². The SMILES string of the molecule is CCOC(=O)Oc1ccc(C(=O)Nc2cccc(CNC(=O)C(c3ccccc3)c3ccccc3)c2)cc1. The highest BCUT2D eigenvalue weighted by Gasteiger charge is 2.22. The van der Waals surface area contributed by atoms with E-state index >= 15 is 0 Å². The number of carbonyl (C=O) groups excluding carboxylic acids is 3. The lowest BCUT2D eigenvalue weighted by atomic mass is 9.90. The fourth-order valence-corrected chi connectivity index (χ4v) is 3.96. The van der Waals surface area contributed by atoms with Gasteiger partial charge in [-0.2, -0.15) is 0 Å². The third-order valence-corrected chi connectivity index (χ3v) is 5.76. The standard InChI is InChI=1S/C31H28N2O5/c1-2-37-31(36)38-27-18-16-25(17-19-27)29(34)33-26-15-9-10-22(20-26)21-32-30(35)28(23-11-5-3-6-12-23)24-13-7-4-8-14-24/h3-20,28H,2,21H2,1H3,(H,32,35)(H,33,34). The lowest BCUT2D eigenvalue weighted by Gasteiger charge is -2.18. The lowest BCUT2D eigenvalue weighted by Crippen LogP contribution is -2.29. The second kappa shape index (κ2) is 12.9. The normalized spacial score (nSPS) is 10.5. The summed E-state index contributed by atoms with van der Waals surface area (Å²) in [6.07, 6.45) is -0.799. The molecular formula is C31H28N2O5. The molecule has 0 aliphatic carbocycles. The van der Waals surface area contributed by atoms with E-state index in [2.05, 4.69) is 10.6 Å². The van der Waals surface area contributed by atoms with Crippen LogP contribution in [0.25, 0.3) is 0 Å². The Bertz CT molecular complexity index is 1330. The van der Waals surface area contributed by atoms with Crippen LogP contribution >= 0.6 is 0 Å². The van der Waals surface area contributed by atoms with Crippen molar-refractivity contribution >= 4 is 23.7 Å². The van der Waals surface area contributed by atoms with Gasteiger partial charge >= 0.3 is 6.16 Å². The van der Waals surface area contributed by atoms with Gasteiger partial charge in [-0.3, -0.25) is 9.59 Å². The van der Waals surface area contributed by atoms with Gasteiger partial charge in [0.05, 0.1) is 12.5 Å². The van der Waals surface area contributed by atoms with Crippen LogP contribution in [0, 0.1) is 0 Å². The van der Waals surface area contributed by atoms with Crippen molar-refractivity contribution in [1.29, 1.82) is 0 Å². The Labute approximate surface area is 221 Å². The fraction of sp³-hybridized carbons (Fsp3) is 0.129. The summed E-state index contributed by atoms with van der Waals surface area (Å²) in [4.78, 5) is 37.4. The summed E-state index contributed by atoms with van der Waals surface area (Å²) in [5, 5.41) is 5.89. The Morgan fingerprint density at radius 1 is 0.763 bits per heavy atom. The third kappa shape index (κ3) is 7.07. The van der Waals surface area contributed by atoms with Crippen LogP contribution in [0.3, 0.4) is 0 Å². The van der Waals surface area contributed by atoms with Crippen molar-refractivity contribution in [2.24, 2.45) is 0 Å². The molecule has 0 aliphatic heterocycles. The zero-order chi connectivity index (χ0) is 26.7. The average molecular weight is 509 g/mol. The van der Waals surface area contributed by atoms with Crippen molar-refractivity contribution in [3.05, 3.63) is 131 Å². The highest BCUT2D eigenvalue weighted by atomic mass is 16.7. The first kappa shape index (κ1) is 26.2. The van der Waals surface area contributed by atoms with Gasteiger partial charge in [0.2, 0.25) is 5.91 Å². The quantitative estimate of drug-likeness (QED) is 0.216. The molecule has 0 saturated heterocycles. The second-order valence-electron chi connectivity index (χ2n) is 8.44. The first-order valence-electron chi connectivity index (χ1n) is 12.3. The predicted molar refractivity (Wildman–Crippen MR) is 145 cm³/mol. The first-order chi connectivity index (χ1) is 18.5. The van der Waals surface area contributed by atoms with Crippen molar-refractivity contribution in [3.8, 4) is 5.75 Å². The number of nitrogens with one attached hydrogen (secondary N) is 2. The Hall–Kier alpha value is -4.91. The van der Waals surface area contributed by atoms with E-state index in [1.54, 1.807) is 25.1 Å². The summed E-state index contributed by atoms with van der Waals surface area (Å²) in [7, 11) is 0. The minimum absolute atomic E-state index is 0.109. The van der Waals surface area contributed by atoms with Crippen molar-refractivity contribution in [2.45, 2.75) is 19.4 Å². The molecule has 7 heteroatoms. The van der Waals surface area contributed by atoms with Gasteiger partial charge in [0.15, 0.2) is 0 Å². The minimum atomic E-state index is -0.799. The number of rotatable bonds is 9. The summed E-state index contributed by atoms with van der Waals surface area (Å²) in [5.41, 5.74) is 3.66. The summed E-state index contributed by atoms with van der Waals surface area (Å²) >= 11 is 0. The number of carbonyl (C=O) groups is 3. The fourth-order valence-electron chi connectivity index (χ4n) is 3.96. The van der Waals surface area contributed by atoms with Crippen LogP contribution in [0.15, 0.2) is 109 Å². The van der Waals surface area contributed by atoms with E-state index in [1.165, 1.54) is 12.1 Å². The predicted octanol–water partition coefficient (Wildman–Crippen LogP) is 5.92. The maximum absolute atomic E-state index is 13.3. The third-order valence-electron chi connectivity index (χ3n) is 5.76. The van der Waals surface area contributed by atoms with Crippen LogP contribution in [0.5, 0.6) is 5.75 Å². The van der Waals surface area contributed by atoms with Crippen LogP contribution in [-0.4, -0.2) is 24.6 Å². The summed E-state index contributed by atoms with van der Waals surface area (Å²) in [6.45, 7) is 2.20. The molecule has 4 aromatic carbocycles. The molecule has 0 spiro atoms. The zero-order valence-electron chi connectivity index (χ0n) is 20.9. The van der Waals surface area contributed by atoms with Crippen LogP contribution in [0.2, 0.25) is 0 Å². The molecule has 0 unspecified atom stereocenters. The van der Waals surface area contributed by atoms with Gasteiger partial charge in [-0.15, -0.1) is 0 Å². The maximum Gasteiger partial charge on any atom is 0.513 e. The molecule has 0 aromatic heterocycles. The molecule has 2 N–H and O–H groups in total. The molecule has 38 heavy (non-hydrogen) atoms. The molecule has 4 aromatic rings. The van der Waals surface area contributed by atoms with Gasteiger partial charge < -0.3 is 20.1 Å². The van der Waals surface area contributed by atoms with Crippen LogP contribution in [-0.2, 0) is 16.1 Å². The Morgan fingerprint density at radius 2 is 1.39 bits per heavy atom. The molecule has 0 aliphatic rings. The number of anilines is 1. The van der Waals surface area contributed by atoms with Gasteiger partial charge in [0.1, 0.15) is 5.75 Å². The molecule has 0 heterocycles. The largest absolute Gasteiger partial charge is 0.513 e. The number of hydrogen-bond acceptors (Lipinski definition) is 5. The molecular weight excluding hydrogens is 480 g/mol. The van der Waals surface area contributed by atoms with E-state index in [9.17, 15) is 14.4 Å². The first-order valence-corrected chi connectivity index (χ1v) is 12.3. The van der Waals surface area contributed by atoms with Gasteiger partial charge in [0.25, 0.3) is 5.91 Å².